The van der Waals surface area contributed by atoms with Gasteiger partial charge in [0.2, 0.25) is 5.91 Å². The molecule has 1 heterocycles. The van der Waals surface area contributed by atoms with Crippen LogP contribution < -0.4 is 10.1 Å². The van der Waals surface area contributed by atoms with E-state index in [0.717, 1.165) is 11.3 Å². The summed E-state index contributed by atoms with van der Waals surface area (Å²) in [7, 11) is 0. The number of para-hydroxylation sites is 1. The number of aryl methyl sites for hydroxylation is 1. The summed E-state index contributed by atoms with van der Waals surface area (Å²) >= 11 is 0. The van der Waals surface area contributed by atoms with Crippen LogP contribution in [0.5, 0.6) is 5.75 Å². The van der Waals surface area contributed by atoms with Gasteiger partial charge in [-0.1, -0.05) is 18.2 Å². The Kier molecular flexibility index (Phi) is 6.44. The SMILES string of the molecule is Cc1nn(-c2ccc(F)cc2)c(C)c1CC(=O)N[C@H](C)c1ccccc1OC(F)F. The van der Waals surface area contributed by atoms with E-state index in [9.17, 15) is 18.0 Å². The number of carbonyl (C=O) groups excluding carboxylic acids is 1. The highest BCUT2D eigenvalue weighted by Crippen LogP contribution is 2.26. The number of carbonyl (C=O) groups is 1. The molecule has 1 atom stereocenters. The number of ether oxygens (including phenoxy) is 1. The van der Waals surface area contributed by atoms with E-state index >= 15 is 0 Å². The molecule has 0 fully saturated rings. The van der Waals surface area contributed by atoms with Gasteiger partial charge in [0.05, 0.1) is 23.8 Å². The van der Waals surface area contributed by atoms with Crippen molar-refractivity contribution in [3.05, 3.63) is 76.9 Å². The summed E-state index contributed by atoms with van der Waals surface area (Å²) in [4.78, 5) is 12.6. The molecule has 1 aromatic heterocycles. The van der Waals surface area contributed by atoms with Gasteiger partial charge in [0.15, 0.2) is 0 Å². The average molecular weight is 417 g/mol. The highest BCUT2D eigenvalue weighted by molar-refractivity contribution is 5.79. The van der Waals surface area contributed by atoms with E-state index in [1.807, 2.05) is 6.92 Å². The van der Waals surface area contributed by atoms with Crippen molar-refractivity contribution < 1.29 is 22.7 Å². The fourth-order valence-corrected chi connectivity index (χ4v) is 3.34. The first-order valence-electron chi connectivity index (χ1n) is 9.40. The van der Waals surface area contributed by atoms with Crippen LogP contribution >= 0.6 is 0 Å². The number of aromatic nitrogens is 2. The number of hydrogen-bond donors (Lipinski definition) is 1. The summed E-state index contributed by atoms with van der Waals surface area (Å²) in [5.41, 5.74) is 3.35. The van der Waals surface area contributed by atoms with Crippen molar-refractivity contribution in [2.24, 2.45) is 0 Å². The molecular formula is C22H22F3N3O2. The number of nitrogens with zero attached hydrogens (tertiary/aromatic N) is 2. The van der Waals surface area contributed by atoms with Gasteiger partial charge in [0.1, 0.15) is 11.6 Å². The highest BCUT2D eigenvalue weighted by Gasteiger charge is 2.20. The molecule has 0 unspecified atom stereocenters. The van der Waals surface area contributed by atoms with Gasteiger partial charge in [0.25, 0.3) is 0 Å². The first-order valence-corrected chi connectivity index (χ1v) is 9.40. The molecule has 3 rings (SSSR count). The summed E-state index contributed by atoms with van der Waals surface area (Å²) in [6.45, 7) is 2.39. The number of alkyl halides is 2. The largest absolute Gasteiger partial charge is 0.434 e. The maximum absolute atomic E-state index is 13.2. The quantitative estimate of drug-likeness (QED) is 0.609. The molecule has 3 aromatic rings. The number of rotatable bonds is 7. The van der Waals surface area contributed by atoms with E-state index in [0.29, 0.717) is 16.9 Å². The second kappa shape index (κ2) is 9.02. The molecule has 1 amide bonds. The van der Waals surface area contributed by atoms with E-state index in [1.165, 1.54) is 18.2 Å². The number of benzene rings is 2. The highest BCUT2D eigenvalue weighted by atomic mass is 19.3. The predicted molar refractivity (Wildman–Crippen MR) is 106 cm³/mol. The Bertz CT molecular complexity index is 1030. The van der Waals surface area contributed by atoms with Gasteiger partial charge in [-0.15, -0.1) is 0 Å². The fraction of sp³-hybridized carbons (Fsp3) is 0.273. The first-order chi connectivity index (χ1) is 14.3. The minimum absolute atomic E-state index is 0.0248. The Morgan fingerprint density at radius 3 is 2.47 bits per heavy atom. The van der Waals surface area contributed by atoms with Crippen molar-refractivity contribution in [2.45, 2.75) is 39.8 Å². The van der Waals surface area contributed by atoms with E-state index in [-0.39, 0.29) is 23.9 Å². The maximum atomic E-state index is 13.2. The predicted octanol–water partition coefficient (Wildman–Crippen LogP) is 4.65. The molecule has 0 radical (unpaired) electrons. The first kappa shape index (κ1) is 21.4. The standard InChI is InChI=1S/C22H22F3N3O2/c1-13(18-6-4-5-7-20(18)30-22(24)25)26-21(29)12-19-14(2)27-28(15(19)3)17-10-8-16(23)9-11-17/h4-11,13,22H,12H2,1-3H3,(H,26,29)/t13-/m1/s1. The zero-order chi connectivity index (χ0) is 21.8. The van der Waals surface area contributed by atoms with Gasteiger partial charge in [-0.25, -0.2) is 9.07 Å². The van der Waals surface area contributed by atoms with Crippen LogP contribution in [-0.2, 0) is 11.2 Å². The minimum atomic E-state index is -2.95. The van der Waals surface area contributed by atoms with E-state index in [2.05, 4.69) is 15.2 Å². The van der Waals surface area contributed by atoms with Crippen molar-refractivity contribution >= 4 is 5.91 Å². The van der Waals surface area contributed by atoms with Gasteiger partial charge in [0, 0.05) is 16.8 Å². The third-order valence-electron chi connectivity index (χ3n) is 4.83. The lowest BCUT2D eigenvalue weighted by Gasteiger charge is -2.18. The number of halogens is 3. The van der Waals surface area contributed by atoms with Gasteiger partial charge < -0.3 is 10.1 Å². The normalized spacial score (nSPS) is 12.1. The average Bonchev–Trinajstić information content (AvgIpc) is 2.96. The number of hydrogen-bond acceptors (Lipinski definition) is 3. The summed E-state index contributed by atoms with van der Waals surface area (Å²) in [5.74, 6) is -0.596. The van der Waals surface area contributed by atoms with Gasteiger partial charge in [-0.3, -0.25) is 4.79 Å². The molecule has 0 saturated heterocycles. The monoisotopic (exact) mass is 417 g/mol. The second-order valence-electron chi connectivity index (χ2n) is 6.92. The molecule has 158 valence electrons. The number of amides is 1. The molecule has 0 aliphatic carbocycles. The maximum Gasteiger partial charge on any atom is 0.387 e. The van der Waals surface area contributed by atoms with Crippen molar-refractivity contribution in [3.63, 3.8) is 0 Å². The molecule has 0 bridgehead atoms. The van der Waals surface area contributed by atoms with Crippen LogP contribution in [0.1, 0.15) is 35.5 Å². The third-order valence-corrected chi connectivity index (χ3v) is 4.83. The van der Waals surface area contributed by atoms with Gasteiger partial charge in [-0.05, 0) is 51.1 Å². The van der Waals surface area contributed by atoms with Crippen LogP contribution in [0.15, 0.2) is 48.5 Å². The van der Waals surface area contributed by atoms with Crippen LogP contribution in [0.25, 0.3) is 5.69 Å². The molecule has 1 N–H and O–H groups in total. The van der Waals surface area contributed by atoms with Crippen molar-refractivity contribution in [3.8, 4) is 11.4 Å². The molecular weight excluding hydrogens is 395 g/mol. The Labute approximate surface area is 172 Å². The molecule has 0 spiro atoms. The zero-order valence-electron chi connectivity index (χ0n) is 16.8. The lowest BCUT2D eigenvalue weighted by atomic mass is 10.1. The molecule has 30 heavy (non-hydrogen) atoms. The Morgan fingerprint density at radius 1 is 1.13 bits per heavy atom. The minimum Gasteiger partial charge on any atom is -0.434 e. The van der Waals surface area contributed by atoms with Crippen LogP contribution in [0.3, 0.4) is 0 Å². The summed E-state index contributed by atoms with van der Waals surface area (Å²) in [6, 6.07) is 11.7. The Balaban J connectivity index is 1.75. The van der Waals surface area contributed by atoms with Crippen molar-refractivity contribution in [2.75, 3.05) is 0 Å². The summed E-state index contributed by atoms with van der Waals surface area (Å²) in [6.07, 6.45) is 0.0705. The number of nitrogens with one attached hydrogen (secondary N) is 1. The molecule has 0 aliphatic rings. The van der Waals surface area contributed by atoms with E-state index < -0.39 is 12.7 Å². The Morgan fingerprint density at radius 2 is 1.80 bits per heavy atom. The summed E-state index contributed by atoms with van der Waals surface area (Å²) in [5, 5.41) is 7.28. The molecule has 0 saturated carbocycles. The zero-order valence-corrected chi connectivity index (χ0v) is 16.8. The van der Waals surface area contributed by atoms with E-state index in [1.54, 1.807) is 48.9 Å². The molecule has 0 aliphatic heterocycles. The van der Waals surface area contributed by atoms with E-state index in [4.69, 9.17) is 0 Å². The lowest BCUT2D eigenvalue weighted by molar-refractivity contribution is -0.121. The van der Waals surface area contributed by atoms with Crippen LogP contribution in [0.2, 0.25) is 0 Å². The van der Waals surface area contributed by atoms with Gasteiger partial charge in [-0.2, -0.15) is 13.9 Å². The fourth-order valence-electron chi connectivity index (χ4n) is 3.34. The third kappa shape index (κ3) is 4.82. The molecule has 5 nitrogen and oxygen atoms in total. The molecule has 2 aromatic carbocycles. The smallest absolute Gasteiger partial charge is 0.387 e. The molecule has 8 heteroatoms. The Hall–Kier alpha value is -3.29. The second-order valence-corrected chi connectivity index (χ2v) is 6.92. The lowest BCUT2D eigenvalue weighted by Crippen LogP contribution is -2.29. The van der Waals surface area contributed by atoms with Crippen molar-refractivity contribution in [1.29, 1.82) is 0 Å². The van der Waals surface area contributed by atoms with Crippen LogP contribution in [-0.4, -0.2) is 22.3 Å². The van der Waals surface area contributed by atoms with Gasteiger partial charge >= 0.3 is 6.61 Å². The van der Waals surface area contributed by atoms with Crippen LogP contribution in [0, 0.1) is 19.7 Å². The summed E-state index contributed by atoms with van der Waals surface area (Å²) < 4.78 is 44.6. The topological polar surface area (TPSA) is 56.2 Å². The van der Waals surface area contributed by atoms with Crippen molar-refractivity contribution in [1.82, 2.24) is 15.1 Å². The van der Waals surface area contributed by atoms with Crippen LogP contribution in [0.4, 0.5) is 13.2 Å².